The first-order valence-corrected chi connectivity index (χ1v) is 9.19. The smallest absolute Gasteiger partial charge is 0.278 e. The number of ether oxygens (including phenoxy) is 1. The molecule has 0 aliphatic carbocycles. The second kappa shape index (κ2) is 8.86. The van der Waals surface area contributed by atoms with E-state index in [1.165, 1.54) is 4.80 Å². The third-order valence-corrected chi connectivity index (χ3v) is 4.19. The summed E-state index contributed by atoms with van der Waals surface area (Å²) in [5, 5.41) is 12.0. The van der Waals surface area contributed by atoms with Gasteiger partial charge in [-0.3, -0.25) is 4.79 Å². The molecule has 1 amide bonds. The zero-order valence-electron chi connectivity index (χ0n) is 16.0. The minimum absolute atomic E-state index is 0.256. The summed E-state index contributed by atoms with van der Waals surface area (Å²) in [5.74, 6) is 0.426. The molecule has 0 aliphatic heterocycles. The lowest BCUT2D eigenvalue weighted by Crippen LogP contribution is -2.19. The number of carbonyl (C=O) groups is 1. The number of rotatable bonds is 7. The molecule has 1 aromatic heterocycles. The van der Waals surface area contributed by atoms with Gasteiger partial charge in [0, 0.05) is 17.3 Å². The molecule has 3 rings (SSSR count). The molecule has 0 bridgehead atoms. The molecule has 0 unspecified atom stereocenters. The molecule has 1 heterocycles. The summed E-state index contributed by atoms with van der Waals surface area (Å²) in [4.78, 5) is 16.0. The molecule has 0 fully saturated rings. The fourth-order valence-electron chi connectivity index (χ4n) is 2.48. The molecule has 0 saturated carbocycles. The Balaban J connectivity index is 1.66. The lowest BCUT2D eigenvalue weighted by atomic mass is 10.2. The average molecular weight is 400 g/mol. The van der Waals surface area contributed by atoms with Gasteiger partial charge in [0.2, 0.25) is 0 Å². The molecule has 0 spiro atoms. The van der Waals surface area contributed by atoms with E-state index in [1.54, 1.807) is 37.3 Å². The van der Waals surface area contributed by atoms with Gasteiger partial charge in [-0.05, 0) is 63.5 Å². The highest BCUT2D eigenvalue weighted by Crippen LogP contribution is 2.18. The van der Waals surface area contributed by atoms with Crippen LogP contribution in [-0.4, -0.2) is 53.0 Å². The number of likely N-dealkylation sites (N-methyl/N-ethyl adjacent to an activating group) is 1. The van der Waals surface area contributed by atoms with Gasteiger partial charge in [0.15, 0.2) is 5.69 Å². The van der Waals surface area contributed by atoms with E-state index in [0.29, 0.717) is 28.7 Å². The summed E-state index contributed by atoms with van der Waals surface area (Å²) in [5.41, 5.74) is 2.13. The molecule has 0 radical (unpaired) electrons. The number of nitrogens with zero attached hydrogens (tertiary/aromatic N) is 4. The Bertz CT molecular complexity index is 953. The van der Waals surface area contributed by atoms with E-state index in [2.05, 4.69) is 15.5 Å². The standard InChI is InChI=1S/C20H22ClN5O2/c1-14-19(24-26(23-14)17-6-4-5-15(21)13-17)20(27)22-16-7-9-18(10-8-16)28-12-11-25(2)3/h4-10,13H,11-12H2,1-3H3,(H,22,27). The second-order valence-corrected chi connectivity index (χ2v) is 6.97. The van der Waals surface area contributed by atoms with Crippen LogP contribution in [0.5, 0.6) is 5.75 Å². The maximum atomic E-state index is 12.6. The van der Waals surface area contributed by atoms with E-state index in [9.17, 15) is 4.79 Å². The van der Waals surface area contributed by atoms with E-state index < -0.39 is 0 Å². The van der Waals surface area contributed by atoms with Crippen LogP contribution in [0.1, 0.15) is 16.2 Å². The number of benzene rings is 2. The van der Waals surface area contributed by atoms with E-state index in [4.69, 9.17) is 16.3 Å². The van der Waals surface area contributed by atoms with Crippen LogP contribution < -0.4 is 10.1 Å². The molecule has 28 heavy (non-hydrogen) atoms. The van der Waals surface area contributed by atoms with Crippen LogP contribution in [0, 0.1) is 6.92 Å². The first-order valence-electron chi connectivity index (χ1n) is 8.81. The SMILES string of the molecule is Cc1nn(-c2cccc(Cl)c2)nc1C(=O)Nc1ccc(OCCN(C)C)cc1. The average Bonchev–Trinajstić information content (AvgIpc) is 3.05. The van der Waals surface area contributed by atoms with Gasteiger partial charge in [-0.1, -0.05) is 17.7 Å². The summed E-state index contributed by atoms with van der Waals surface area (Å²) in [6, 6.07) is 14.3. The van der Waals surface area contributed by atoms with Gasteiger partial charge in [-0.2, -0.15) is 9.90 Å². The van der Waals surface area contributed by atoms with Crippen molar-refractivity contribution in [3.05, 3.63) is 64.9 Å². The number of anilines is 1. The van der Waals surface area contributed by atoms with E-state index >= 15 is 0 Å². The molecule has 0 atom stereocenters. The van der Waals surface area contributed by atoms with Crippen LogP contribution in [0.4, 0.5) is 5.69 Å². The Morgan fingerprint density at radius 2 is 1.93 bits per heavy atom. The first kappa shape index (κ1) is 19.9. The van der Waals surface area contributed by atoms with Crippen molar-refractivity contribution in [2.45, 2.75) is 6.92 Å². The van der Waals surface area contributed by atoms with Crippen LogP contribution in [0.25, 0.3) is 5.69 Å². The van der Waals surface area contributed by atoms with Gasteiger partial charge in [0.25, 0.3) is 5.91 Å². The van der Waals surface area contributed by atoms with Crippen molar-refractivity contribution in [3.8, 4) is 11.4 Å². The molecule has 2 aromatic carbocycles. The second-order valence-electron chi connectivity index (χ2n) is 6.53. The zero-order valence-corrected chi connectivity index (χ0v) is 16.8. The maximum absolute atomic E-state index is 12.6. The van der Waals surface area contributed by atoms with Crippen LogP contribution in [0.2, 0.25) is 5.02 Å². The maximum Gasteiger partial charge on any atom is 0.278 e. The summed E-state index contributed by atoms with van der Waals surface area (Å²) in [6.07, 6.45) is 0. The lowest BCUT2D eigenvalue weighted by Gasteiger charge is -2.11. The van der Waals surface area contributed by atoms with Gasteiger partial charge in [-0.15, -0.1) is 5.10 Å². The summed E-state index contributed by atoms with van der Waals surface area (Å²) >= 11 is 6.01. The molecule has 146 valence electrons. The van der Waals surface area contributed by atoms with Gasteiger partial charge in [-0.25, -0.2) is 0 Å². The highest BCUT2D eigenvalue weighted by molar-refractivity contribution is 6.30. The monoisotopic (exact) mass is 399 g/mol. The van der Waals surface area contributed by atoms with Gasteiger partial charge in [0.05, 0.1) is 11.4 Å². The largest absolute Gasteiger partial charge is 0.492 e. The van der Waals surface area contributed by atoms with Crippen LogP contribution in [0.15, 0.2) is 48.5 Å². The molecule has 7 nitrogen and oxygen atoms in total. The van der Waals surface area contributed by atoms with Gasteiger partial charge >= 0.3 is 0 Å². The Morgan fingerprint density at radius 3 is 2.61 bits per heavy atom. The minimum Gasteiger partial charge on any atom is -0.492 e. The predicted molar refractivity (Wildman–Crippen MR) is 110 cm³/mol. The molecule has 0 saturated heterocycles. The number of aryl methyl sites for hydroxylation is 1. The van der Waals surface area contributed by atoms with Crippen LogP contribution in [0.3, 0.4) is 0 Å². The van der Waals surface area contributed by atoms with E-state index in [1.807, 2.05) is 37.2 Å². The van der Waals surface area contributed by atoms with Gasteiger partial charge < -0.3 is 15.0 Å². The Morgan fingerprint density at radius 1 is 1.18 bits per heavy atom. The van der Waals surface area contributed by atoms with Crippen molar-refractivity contribution in [1.29, 1.82) is 0 Å². The Labute approximate surface area is 168 Å². The molecule has 0 aliphatic rings. The van der Waals surface area contributed by atoms with Crippen LogP contribution in [-0.2, 0) is 0 Å². The molecular formula is C20H22ClN5O2. The molecule has 8 heteroatoms. The highest BCUT2D eigenvalue weighted by Gasteiger charge is 2.16. The molecular weight excluding hydrogens is 378 g/mol. The predicted octanol–water partition coefficient (Wildman–Crippen LogP) is 3.42. The van der Waals surface area contributed by atoms with Crippen molar-refractivity contribution < 1.29 is 9.53 Å². The third-order valence-electron chi connectivity index (χ3n) is 3.96. The normalized spacial score (nSPS) is 10.9. The van der Waals surface area contributed by atoms with Crippen molar-refractivity contribution in [2.75, 3.05) is 32.6 Å². The van der Waals surface area contributed by atoms with Crippen molar-refractivity contribution in [3.63, 3.8) is 0 Å². The molecule has 1 N–H and O–H groups in total. The topological polar surface area (TPSA) is 72.3 Å². The van der Waals surface area contributed by atoms with E-state index in [-0.39, 0.29) is 11.6 Å². The van der Waals surface area contributed by atoms with Gasteiger partial charge in [0.1, 0.15) is 12.4 Å². The zero-order chi connectivity index (χ0) is 20.1. The summed E-state index contributed by atoms with van der Waals surface area (Å²) < 4.78 is 5.65. The minimum atomic E-state index is -0.327. The Kier molecular flexibility index (Phi) is 6.28. The number of nitrogens with one attached hydrogen (secondary N) is 1. The third kappa shape index (κ3) is 5.09. The number of aromatic nitrogens is 3. The first-order chi connectivity index (χ1) is 13.4. The molecule has 3 aromatic rings. The van der Waals surface area contributed by atoms with Crippen molar-refractivity contribution in [2.24, 2.45) is 0 Å². The van der Waals surface area contributed by atoms with Crippen molar-refractivity contribution >= 4 is 23.2 Å². The number of carbonyl (C=O) groups excluding carboxylic acids is 1. The number of amides is 1. The number of halogens is 1. The fraction of sp³-hybridized carbons (Fsp3) is 0.250. The summed E-state index contributed by atoms with van der Waals surface area (Å²) in [7, 11) is 3.99. The number of hydrogen-bond acceptors (Lipinski definition) is 5. The fourth-order valence-corrected chi connectivity index (χ4v) is 2.66. The van der Waals surface area contributed by atoms with Crippen LogP contribution >= 0.6 is 11.6 Å². The number of hydrogen-bond donors (Lipinski definition) is 1. The lowest BCUT2D eigenvalue weighted by molar-refractivity contribution is 0.102. The quantitative estimate of drug-likeness (QED) is 0.659. The highest BCUT2D eigenvalue weighted by atomic mass is 35.5. The Hall–Kier alpha value is -2.90. The van der Waals surface area contributed by atoms with E-state index in [0.717, 1.165) is 12.3 Å². The summed E-state index contributed by atoms with van der Waals surface area (Å²) in [6.45, 7) is 3.18. The van der Waals surface area contributed by atoms with Crippen molar-refractivity contribution in [1.82, 2.24) is 19.9 Å².